The van der Waals surface area contributed by atoms with Crippen LogP contribution in [0.15, 0.2) is 29.2 Å². The molecule has 3 rings (SSSR count). The average molecular weight is 363 g/mol. The summed E-state index contributed by atoms with van der Waals surface area (Å²) in [5, 5.41) is 8.89. The summed E-state index contributed by atoms with van der Waals surface area (Å²) < 4.78 is 6.33. The maximum atomic E-state index is 12.4. The fourth-order valence-electron chi connectivity index (χ4n) is 2.81. The second-order valence-electron chi connectivity index (χ2n) is 5.72. The molecule has 1 heterocycles. The van der Waals surface area contributed by atoms with E-state index in [1.54, 1.807) is 6.08 Å². The van der Waals surface area contributed by atoms with Crippen molar-refractivity contribution in [3.8, 4) is 5.75 Å². The number of nitrogens with zero attached hydrogens (tertiary/aromatic N) is 1. The van der Waals surface area contributed by atoms with Crippen molar-refractivity contribution >= 4 is 46.3 Å². The largest absolute Gasteiger partial charge is 0.490 e. The van der Waals surface area contributed by atoms with E-state index in [9.17, 15) is 9.59 Å². The molecule has 2 aliphatic rings. The monoisotopic (exact) mass is 363 g/mol. The Morgan fingerprint density at radius 3 is 2.79 bits per heavy atom. The Morgan fingerprint density at radius 1 is 1.38 bits per heavy atom. The van der Waals surface area contributed by atoms with Crippen LogP contribution in [0.2, 0.25) is 0 Å². The predicted molar refractivity (Wildman–Crippen MR) is 96.8 cm³/mol. The van der Waals surface area contributed by atoms with Gasteiger partial charge in [-0.1, -0.05) is 42.2 Å². The zero-order valence-electron chi connectivity index (χ0n) is 12.9. The second-order valence-corrected chi connectivity index (χ2v) is 7.40. The number of rotatable bonds is 5. The minimum absolute atomic E-state index is 0.223. The molecule has 5 nitrogen and oxygen atoms in total. The lowest BCUT2D eigenvalue weighted by molar-refractivity contribution is -0.140. The van der Waals surface area contributed by atoms with Crippen LogP contribution in [-0.4, -0.2) is 38.9 Å². The number of benzene rings is 1. The first kappa shape index (κ1) is 17.0. The quantitative estimate of drug-likeness (QED) is 0.640. The summed E-state index contributed by atoms with van der Waals surface area (Å²) in [7, 11) is 0. The van der Waals surface area contributed by atoms with E-state index < -0.39 is 12.5 Å². The van der Waals surface area contributed by atoms with E-state index in [2.05, 4.69) is 0 Å². The molecule has 2 fully saturated rings. The zero-order chi connectivity index (χ0) is 17.1. The first-order chi connectivity index (χ1) is 11.5. The Hall–Kier alpha value is -1.86. The Bertz CT molecular complexity index is 710. The van der Waals surface area contributed by atoms with Crippen molar-refractivity contribution in [2.45, 2.75) is 31.8 Å². The molecule has 1 saturated carbocycles. The van der Waals surface area contributed by atoms with E-state index >= 15 is 0 Å². The minimum Gasteiger partial charge on any atom is -0.490 e. The highest BCUT2D eigenvalue weighted by Crippen LogP contribution is 2.35. The molecule has 0 radical (unpaired) electrons. The van der Waals surface area contributed by atoms with Gasteiger partial charge < -0.3 is 9.84 Å². The van der Waals surface area contributed by atoms with E-state index in [0.29, 0.717) is 4.91 Å². The first-order valence-electron chi connectivity index (χ1n) is 7.77. The molecule has 0 unspecified atom stereocenters. The Balaban J connectivity index is 1.82. The lowest BCUT2D eigenvalue weighted by Crippen LogP contribution is -2.33. The van der Waals surface area contributed by atoms with Crippen molar-refractivity contribution in [3.63, 3.8) is 0 Å². The van der Waals surface area contributed by atoms with Crippen LogP contribution in [0, 0.1) is 0 Å². The Labute approximate surface area is 149 Å². The molecule has 1 aliphatic carbocycles. The first-order valence-corrected chi connectivity index (χ1v) is 9.00. The summed E-state index contributed by atoms with van der Waals surface area (Å²) in [5.41, 5.74) is 0.806. The van der Waals surface area contributed by atoms with E-state index in [-0.39, 0.29) is 16.3 Å². The highest BCUT2D eigenvalue weighted by Gasteiger charge is 2.33. The van der Waals surface area contributed by atoms with Gasteiger partial charge >= 0.3 is 5.97 Å². The minimum atomic E-state index is -1.09. The Morgan fingerprint density at radius 2 is 2.08 bits per heavy atom. The van der Waals surface area contributed by atoms with Gasteiger partial charge in [0.05, 0.1) is 11.0 Å². The van der Waals surface area contributed by atoms with Gasteiger partial charge in [-0.3, -0.25) is 14.5 Å². The van der Waals surface area contributed by atoms with E-state index in [0.717, 1.165) is 40.8 Å². The SMILES string of the molecule is O=C(O)CN1C(=O)C(=Cc2ccccc2OC2CCCC2)SC1=S. The molecule has 7 heteroatoms. The number of aliphatic carboxylic acids is 1. The van der Waals surface area contributed by atoms with Gasteiger partial charge in [0.2, 0.25) is 0 Å². The summed E-state index contributed by atoms with van der Waals surface area (Å²) in [4.78, 5) is 24.7. The summed E-state index contributed by atoms with van der Waals surface area (Å²) >= 11 is 6.23. The number of ether oxygens (including phenoxy) is 1. The third-order valence-electron chi connectivity index (χ3n) is 3.97. The second kappa shape index (κ2) is 7.36. The van der Waals surface area contributed by atoms with Gasteiger partial charge in [0.25, 0.3) is 5.91 Å². The molecule has 0 atom stereocenters. The predicted octanol–water partition coefficient (Wildman–Crippen LogP) is 3.29. The summed E-state index contributed by atoms with van der Waals surface area (Å²) in [6, 6.07) is 7.55. The maximum absolute atomic E-state index is 12.4. The highest BCUT2D eigenvalue weighted by molar-refractivity contribution is 8.26. The van der Waals surface area contributed by atoms with E-state index in [1.165, 1.54) is 12.8 Å². The Kier molecular flexibility index (Phi) is 5.20. The third kappa shape index (κ3) is 3.79. The number of para-hydroxylation sites is 1. The van der Waals surface area contributed by atoms with Gasteiger partial charge in [0.15, 0.2) is 0 Å². The molecule has 24 heavy (non-hydrogen) atoms. The highest BCUT2D eigenvalue weighted by atomic mass is 32.2. The molecule has 0 spiro atoms. The van der Waals surface area contributed by atoms with Crippen LogP contribution in [0.4, 0.5) is 0 Å². The van der Waals surface area contributed by atoms with Crippen molar-refractivity contribution in [1.29, 1.82) is 0 Å². The van der Waals surface area contributed by atoms with Crippen LogP contribution >= 0.6 is 24.0 Å². The standard InChI is InChI=1S/C17H17NO4S2/c19-15(20)10-18-16(21)14(24-17(18)23)9-11-5-1-4-8-13(11)22-12-6-2-3-7-12/h1,4-5,8-9,12H,2-3,6-7,10H2,(H,19,20). The lowest BCUT2D eigenvalue weighted by atomic mass is 10.1. The van der Waals surface area contributed by atoms with Crippen molar-refractivity contribution in [2.75, 3.05) is 6.54 Å². The molecule has 126 valence electrons. The molecule has 1 aromatic rings. The average Bonchev–Trinajstić information content (AvgIpc) is 3.13. The van der Waals surface area contributed by atoms with E-state index in [4.69, 9.17) is 22.1 Å². The molecule has 1 N–H and O–H groups in total. The fraction of sp³-hybridized carbons (Fsp3) is 0.353. The summed E-state index contributed by atoms with van der Waals surface area (Å²) in [6.07, 6.45) is 6.41. The molecule has 0 bridgehead atoms. The number of carboxylic acid groups (broad SMARTS) is 1. The van der Waals surface area contributed by atoms with Gasteiger partial charge in [-0.15, -0.1) is 0 Å². The zero-order valence-corrected chi connectivity index (χ0v) is 14.6. The number of thiocarbonyl (C=S) groups is 1. The van der Waals surface area contributed by atoms with Crippen molar-refractivity contribution in [3.05, 3.63) is 34.7 Å². The fourth-order valence-corrected chi connectivity index (χ4v) is 4.05. The lowest BCUT2D eigenvalue weighted by Gasteiger charge is -2.15. The van der Waals surface area contributed by atoms with Crippen LogP contribution in [0.25, 0.3) is 6.08 Å². The number of amides is 1. The van der Waals surface area contributed by atoms with Crippen LogP contribution in [0.1, 0.15) is 31.2 Å². The number of carbonyl (C=O) groups is 2. The molecule has 1 aromatic carbocycles. The van der Waals surface area contributed by atoms with Gasteiger partial charge in [-0.2, -0.15) is 0 Å². The molecular formula is C17H17NO4S2. The third-order valence-corrected chi connectivity index (χ3v) is 5.35. The molecule has 1 aliphatic heterocycles. The van der Waals surface area contributed by atoms with Crippen molar-refractivity contribution in [1.82, 2.24) is 4.90 Å². The summed E-state index contributed by atoms with van der Waals surface area (Å²) in [5.74, 6) is -0.714. The van der Waals surface area contributed by atoms with E-state index in [1.807, 2.05) is 24.3 Å². The topological polar surface area (TPSA) is 66.8 Å². The smallest absolute Gasteiger partial charge is 0.323 e. The molecule has 1 saturated heterocycles. The van der Waals surface area contributed by atoms with Gasteiger partial charge in [0, 0.05) is 5.56 Å². The number of carboxylic acids is 1. The number of hydrogen-bond donors (Lipinski definition) is 1. The van der Waals surface area contributed by atoms with Crippen LogP contribution < -0.4 is 4.74 Å². The molecule has 0 aromatic heterocycles. The van der Waals surface area contributed by atoms with Crippen LogP contribution in [-0.2, 0) is 9.59 Å². The van der Waals surface area contributed by atoms with Crippen molar-refractivity contribution in [2.24, 2.45) is 0 Å². The van der Waals surface area contributed by atoms with Gasteiger partial charge in [0.1, 0.15) is 16.6 Å². The van der Waals surface area contributed by atoms with Crippen LogP contribution in [0.3, 0.4) is 0 Å². The number of carbonyl (C=O) groups excluding carboxylic acids is 1. The summed E-state index contributed by atoms with van der Waals surface area (Å²) in [6.45, 7) is -0.414. The van der Waals surface area contributed by atoms with Gasteiger partial charge in [-0.25, -0.2) is 0 Å². The normalized spacial score (nSPS) is 20.2. The van der Waals surface area contributed by atoms with Gasteiger partial charge in [-0.05, 0) is 37.8 Å². The maximum Gasteiger partial charge on any atom is 0.323 e. The molecular weight excluding hydrogens is 346 g/mol. The van der Waals surface area contributed by atoms with Crippen molar-refractivity contribution < 1.29 is 19.4 Å². The van der Waals surface area contributed by atoms with Crippen LogP contribution in [0.5, 0.6) is 5.75 Å². The number of hydrogen-bond acceptors (Lipinski definition) is 5. The molecule has 1 amide bonds. The number of thioether (sulfide) groups is 1.